The summed E-state index contributed by atoms with van der Waals surface area (Å²) in [5, 5.41) is -0.604. The van der Waals surface area contributed by atoms with Crippen molar-refractivity contribution in [1.29, 1.82) is 0 Å². The van der Waals surface area contributed by atoms with E-state index in [9.17, 15) is 22.8 Å². The van der Waals surface area contributed by atoms with E-state index in [4.69, 9.17) is 16.3 Å². The lowest BCUT2D eigenvalue weighted by molar-refractivity contribution is -0.138. The Morgan fingerprint density at radius 2 is 1.96 bits per heavy atom. The van der Waals surface area contributed by atoms with Crippen LogP contribution >= 0.6 is 11.6 Å². The summed E-state index contributed by atoms with van der Waals surface area (Å²) in [6, 6.07) is 6.76. The molecule has 0 atom stereocenters. The Morgan fingerprint density at radius 1 is 1.30 bits per heavy atom. The minimum Gasteiger partial charge on any atom is -0.496 e. The molecule has 1 aromatic carbocycles. The Morgan fingerprint density at radius 3 is 2.57 bits per heavy atom. The fraction of sp³-hybridized carbons (Fsp3) is 0.200. The van der Waals surface area contributed by atoms with Crippen molar-refractivity contribution in [1.82, 2.24) is 4.57 Å². The van der Waals surface area contributed by atoms with Gasteiger partial charge in [0.2, 0.25) is 0 Å². The van der Waals surface area contributed by atoms with Gasteiger partial charge in [0.25, 0.3) is 5.56 Å². The van der Waals surface area contributed by atoms with Crippen LogP contribution in [0.1, 0.15) is 15.9 Å². The lowest BCUT2D eigenvalue weighted by atomic mass is 10.1. The molecule has 122 valence electrons. The number of methoxy groups -OCH3 is 1. The smallest absolute Gasteiger partial charge is 0.417 e. The molecule has 8 heteroatoms. The molecule has 0 saturated heterocycles. The van der Waals surface area contributed by atoms with Gasteiger partial charge in [0.15, 0.2) is 5.78 Å². The van der Waals surface area contributed by atoms with Crippen molar-refractivity contribution in [3.63, 3.8) is 0 Å². The molecular formula is C15H11ClF3NO3. The van der Waals surface area contributed by atoms with Crippen LogP contribution in [0.4, 0.5) is 13.2 Å². The van der Waals surface area contributed by atoms with Crippen LogP contribution in [0, 0.1) is 0 Å². The van der Waals surface area contributed by atoms with Crippen molar-refractivity contribution >= 4 is 17.4 Å². The summed E-state index contributed by atoms with van der Waals surface area (Å²) < 4.78 is 44.0. The maximum Gasteiger partial charge on any atom is 0.417 e. The van der Waals surface area contributed by atoms with E-state index in [-0.39, 0.29) is 11.3 Å². The average molecular weight is 346 g/mol. The zero-order chi connectivity index (χ0) is 17.2. The van der Waals surface area contributed by atoms with Crippen LogP contribution in [0.25, 0.3) is 0 Å². The predicted octanol–water partition coefficient (Wildman–Crippen LogP) is 3.41. The third-order valence-corrected chi connectivity index (χ3v) is 3.36. The molecule has 2 rings (SSSR count). The van der Waals surface area contributed by atoms with Crippen molar-refractivity contribution in [2.75, 3.05) is 7.11 Å². The first-order valence-electron chi connectivity index (χ1n) is 6.37. The van der Waals surface area contributed by atoms with Crippen molar-refractivity contribution < 1.29 is 22.7 Å². The van der Waals surface area contributed by atoms with E-state index >= 15 is 0 Å². The number of para-hydroxylation sites is 1. The first kappa shape index (κ1) is 17.1. The number of benzene rings is 1. The van der Waals surface area contributed by atoms with E-state index in [0.29, 0.717) is 16.8 Å². The summed E-state index contributed by atoms with van der Waals surface area (Å²) in [4.78, 5) is 24.1. The Hall–Kier alpha value is -2.28. The number of hydrogen-bond acceptors (Lipinski definition) is 3. The van der Waals surface area contributed by atoms with E-state index in [1.807, 2.05) is 0 Å². The van der Waals surface area contributed by atoms with Crippen LogP contribution in [0.15, 0.2) is 41.3 Å². The molecule has 23 heavy (non-hydrogen) atoms. The summed E-state index contributed by atoms with van der Waals surface area (Å²) in [6.07, 6.45) is -4.10. The number of halogens is 4. The maximum absolute atomic E-state index is 12.8. The fourth-order valence-electron chi connectivity index (χ4n) is 1.99. The third-order valence-electron chi connectivity index (χ3n) is 3.09. The standard InChI is InChI=1S/C15H11ClF3NO3/c1-23-13-5-3-2-4-10(13)12(21)8-20-7-9(15(17,18)19)6-11(16)14(20)22/h2-7H,8H2,1H3. The van der Waals surface area contributed by atoms with E-state index < -0.39 is 34.6 Å². The molecule has 0 radical (unpaired) electrons. The third kappa shape index (κ3) is 3.73. The molecule has 0 amide bonds. The fourth-order valence-corrected chi connectivity index (χ4v) is 2.21. The molecule has 0 spiro atoms. The monoisotopic (exact) mass is 345 g/mol. The number of Topliss-reactive ketones (excluding diaryl/α,β-unsaturated/α-hetero) is 1. The summed E-state index contributed by atoms with van der Waals surface area (Å²) in [6.45, 7) is -0.581. The molecule has 1 aromatic heterocycles. The van der Waals surface area contributed by atoms with Gasteiger partial charge in [0, 0.05) is 6.20 Å². The number of aromatic nitrogens is 1. The van der Waals surface area contributed by atoms with Crippen molar-refractivity contribution in [2.24, 2.45) is 0 Å². The minimum atomic E-state index is -4.67. The van der Waals surface area contributed by atoms with E-state index in [0.717, 1.165) is 0 Å². The zero-order valence-electron chi connectivity index (χ0n) is 11.9. The van der Waals surface area contributed by atoms with Gasteiger partial charge < -0.3 is 9.30 Å². The predicted molar refractivity (Wildman–Crippen MR) is 78.0 cm³/mol. The highest BCUT2D eigenvalue weighted by Gasteiger charge is 2.32. The zero-order valence-corrected chi connectivity index (χ0v) is 12.6. The highest BCUT2D eigenvalue weighted by Crippen LogP contribution is 2.29. The van der Waals surface area contributed by atoms with E-state index in [1.54, 1.807) is 12.1 Å². The van der Waals surface area contributed by atoms with Gasteiger partial charge in [-0.1, -0.05) is 23.7 Å². The largest absolute Gasteiger partial charge is 0.496 e. The first-order chi connectivity index (χ1) is 10.7. The van der Waals surface area contributed by atoms with Gasteiger partial charge in [0.1, 0.15) is 10.8 Å². The second-order valence-electron chi connectivity index (χ2n) is 4.63. The first-order valence-corrected chi connectivity index (χ1v) is 6.75. The molecular weight excluding hydrogens is 335 g/mol. The topological polar surface area (TPSA) is 48.3 Å². The van der Waals surface area contributed by atoms with Gasteiger partial charge >= 0.3 is 6.18 Å². The number of carbonyl (C=O) groups excluding carboxylic acids is 1. The van der Waals surface area contributed by atoms with Crippen LogP contribution in [0.2, 0.25) is 5.02 Å². The van der Waals surface area contributed by atoms with E-state index in [2.05, 4.69) is 0 Å². The number of rotatable bonds is 4. The maximum atomic E-state index is 12.8. The number of alkyl halides is 3. The van der Waals surface area contributed by atoms with Gasteiger partial charge in [-0.2, -0.15) is 13.2 Å². The number of ketones is 1. The number of nitrogens with zero attached hydrogens (tertiary/aromatic N) is 1. The van der Waals surface area contributed by atoms with E-state index in [1.165, 1.54) is 19.2 Å². The van der Waals surface area contributed by atoms with Crippen molar-refractivity contribution in [3.05, 3.63) is 63.0 Å². The van der Waals surface area contributed by atoms with Crippen LogP contribution in [0.5, 0.6) is 5.75 Å². The van der Waals surface area contributed by atoms with Gasteiger partial charge in [0.05, 0.1) is 24.8 Å². The Kier molecular flexibility index (Phi) is 4.79. The summed E-state index contributed by atoms with van der Waals surface area (Å²) in [5.41, 5.74) is -1.81. The second-order valence-corrected chi connectivity index (χ2v) is 5.04. The van der Waals surface area contributed by atoms with Crippen LogP contribution < -0.4 is 10.3 Å². The lowest BCUT2D eigenvalue weighted by Crippen LogP contribution is -2.26. The highest BCUT2D eigenvalue weighted by molar-refractivity contribution is 6.30. The lowest BCUT2D eigenvalue weighted by Gasteiger charge is -2.12. The number of carbonyl (C=O) groups is 1. The molecule has 0 bridgehead atoms. The molecule has 0 aliphatic carbocycles. The summed E-state index contributed by atoms with van der Waals surface area (Å²) in [7, 11) is 1.36. The second kappa shape index (κ2) is 6.45. The summed E-state index contributed by atoms with van der Waals surface area (Å²) in [5.74, 6) is -0.302. The van der Waals surface area contributed by atoms with Crippen molar-refractivity contribution in [3.8, 4) is 5.75 Å². The molecule has 0 unspecified atom stereocenters. The highest BCUT2D eigenvalue weighted by atomic mass is 35.5. The van der Waals surface area contributed by atoms with Crippen molar-refractivity contribution in [2.45, 2.75) is 12.7 Å². The van der Waals surface area contributed by atoms with Crippen LogP contribution in [-0.2, 0) is 12.7 Å². The van der Waals surface area contributed by atoms with Gasteiger partial charge in [-0.3, -0.25) is 9.59 Å². The van der Waals surface area contributed by atoms with Gasteiger partial charge in [-0.25, -0.2) is 0 Å². The molecule has 0 aliphatic heterocycles. The Balaban J connectivity index is 2.42. The molecule has 2 aromatic rings. The van der Waals surface area contributed by atoms with Crippen LogP contribution in [-0.4, -0.2) is 17.5 Å². The normalized spacial score (nSPS) is 11.3. The summed E-state index contributed by atoms with van der Waals surface area (Å²) >= 11 is 5.54. The van der Waals surface area contributed by atoms with Crippen LogP contribution in [0.3, 0.4) is 0 Å². The minimum absolute atomic E-state index is 0.162. The molecule has 0 N–H and O–H groups in total. The quantitative estimate of drug-likeness (QED) is 0.798. The molecule has 0 aliphatic rings. The van der Waals surface area contributed by atoms with Gasteiger partial charge in [-0.15, -0.1) is 0 Å². The molecule has 0 saturated carbocycles. The SMILES string of the molecule is COc1ccccc1C(=O)Cn1cc(C(F)(F)F)cc(Cl)c1=O. The molecule has 4 nitrogen and oxygen atoms in total. The average Bonchev–Trinajstić information content (AvgIpc) is 2.50. The number of hydrogen-bond donors (Lipinski definition) is 0. The Bertz CT molecular complexity index is 799. The molecule has 0 fully saturated rings. The Labute approximate surface area is 134 Å². The number of ether oxygens (including phenoxy) is 1. The number of pyridine rings is 1. The molecule has 1 heterocycles. The van der Waals surface area contributed by atoms with Gasteiger partial charge in [-0.05, 0) is 18.2 Å².